The van der Waals surface area contributed by atoms with Gasteiger partial charge in [-0.2, -0.15) is 0 Å². The van der Waals surface area contributed by atoms with Crippen LogP contribution in [0.2, 0.25) is 0 Å². The van der Waals surface area contributed by atoms with Gasteiger partial charge in [-0.25, -0.2) is 0 Å². The van der Waals surface area contributed by atoms with Crippen LogP contribution in [0.3, 0.4) is 0 Å². The van der Waals surface area contributed by atoms with Crippen LogP contribution in [0.15, 0.2) is 42.5 Å². The Morgan fingerprint density at radius 3 is 2.23 bits per heavy atom. The first-order chi connectivity index (χ1) is 14.9. The number of amides is 1. The molecule has 8 nitrogen and oxygen atoms in total. The van der Waals surface area contributed by atoms with Gasteiger partial charge in [0.25, 0.3) is 0 Å². The van der Waals surface area contributed by atoms with Gasteiger partial charge in [0.1, 0.15) is 17.2 Å². The van der Waals surface area contributed by atoms with Crippen molar-refractivity contribution in [1.29, 1.82) is 0 Å². The maximum atomic E-state index is 12.6. The molecule has 0 aliphatic carbocycles. The second-order valence-electron chi connectivity index (χ2n) is 7.12. The van der Waals surface area contributed by atoms with Gasteiger partial charge in [-0.3, -0.25) is 14.4 Å². The molecule has 1 aliphatic rings. The highest BCUT2D eigenvalue weighted by Gasteiger charge is 2.38. The zero-order valence-corrected chi connectivity index (χ0v) is 17.9. The molecule has 1 amide bonds. The largest absolute Gasteiger partial charge is 0.497 e. The quantitative estimate of drug-likeness (QED) is 0.473. The fourth-order valence-electron chi connectivity index (χ4n) is 3.42. The van der Waals surface area contributed by atoms with Gasteiger partial charge in [0.15, 0.2) is 6.10 Å². The Bertz CT molecular complexity index is 970. The molecule has 0 bridgehead atoms. The molecule has 164 valence electrons. The van der Waals surface area contributed by atoms with E-state index >= 15 is 0 Å². The standard InChI is InChI=1S/C23H25NO7/c1-14(22(26)15-5-7-17(28-2)8-6-15)31-23(27)16-11-21(25)24(13-16)19-10-9-18(29-3)12-20(19)30-4/h5-10,12,14,16H,11,13H2,1-4H3/t14-,16+/m0/s1. The number of esters is 1. The number of Topliss-reactive ketones (excluding diaryl/α,β-unsaturated/α-hetero) is 1. The van der Waals surface area contributed by atoms with Gasteiger partial charge in [-0.15, -0.1) is 0 Å². The highest BCUT2D eigenvalue weighted by Crippen LogP contribution is 2.36. The Hall–Kier alpha value is -3.55. The Labute approximate surface area is 180 Å². The molecular formula is C23H25NO7. The van der Waals surface area contributed by atoms with E-state index in [1.165, 1.54) is 33.2 Å². The van der Waals surface area contributed by atoms with Crippen molar-refractivity contribution in [3.8, 4) is 17.2 Å². The summed E-state index contributed by atoms with van der Waals surface area (Å²) >= 11 is 0. The lowest BCUT2D eigenvalue weighted by Gasteiger charge is -2.20. The van der Waals surface area contributed by atoms with E-state index < -0.39 is 18.0 Å². The molecule has 1 heterocycles. The van der Waals surface area contributed by atoms with E-state index in [1.807, 2.05) is 0 Å². The average molecular weight is 427 g/mol. The number of ether oxygens (including phenoxy) is 4. The number of hydrogen-bond acceptors (Lipinski definition) is 7. The number of carbonyl (C=O) groups excluding carboxylic acids is 3. The van der Waals surface area contributed by atoms with Crippen molar-refractivity contribution in [3.63, 3.8) is 0 Å². The molecule has 0 N–H and O–H groups in total. The third-order valence-corrected chi connectivity index (χ3v) is 5.17. The molecule has 3 rings (SSSR count). The summed E-state index contributed by atoms with van der Waals surface area (Å²) in [6.07, 6.45) is -0.974. The molecule has 1 aliphatic heterocycles. The Kier molecular flexibility index (Phi) is 6.79. The summed E-state index contributed by atoms with van der Waals surface area (Å²) in [4.78, 5) is 39.3. The Morgan fingerprint density at radius 1 is 0.968 bits per heavy atom. The van der Waals surface area contributed by atoms with Crippen LogP contribution in [0.5, 0.6) is 17.2 Å². The lowest BCUT2D eigenvalue weighted by atomic mass is 10.1. The third kappa shape index (κ3) is 4.79. The van der Waals surface area contributed by atoms with Crippen LogP contribution in [0, 0.1) is 5.92 Å². The zero-order chi connectivity index (χ0) is 22.5. The number of benzene rings is 2. The van der Waals surface area contributed by atoms with Crippen molar-refractivity contribution < 1.29 is 33.3 Å². The predicted octanol–water partition coefficient (Wildman–Crippen LogP) is 2.88. The second-order valence-corrected chi connectivity index (χ2v) is 7.12. The molecular weight excluding hydrogens is 402 g/mol. The normalized spacial score (nSPS) is 16.6. The van der Waals surface area contributed by atoms with Crippen molar-refractivity contribution in [1.82, 2.24) is 0 Å². The first-order valence-electron chi connectivity index (χ1n) is 9.79. The highest BCUT2D eigenvalue weighted by atomic mass is 16.5. The predicted molar refractivity (Wildman–Crippen MR) is 113 cm³/mol. The summed E-state index contributed by atoms with van der Waals surface area (Å²) in [5.41, 5.74) is 0.958. The molecule has 0 unspecified atom stereocenters. The number of methoxy groups -OCH3 is 3. The zero-order valence-electron chi connectivity index (χ0n) is 17.9. The molecule has 0 aromatic heterocycles. The number of rotatable bonds is 8. The van der Waals surface area contributed by atoms with Gasteiger partial charge in [0, 0.05) is 24.6 Å². The van der Waals surface area contributed by atoms with Gasteiger partial charge in [0.2, 0.25) is 11.7 Å². The minimum Gasteiger partial charge on any atom is -0.497 e. The molecule has 2 aromatic carbocycles. The lowest BCUT2D eigenvalue weighted by molar-refractivity contribution is -0.151. The van der Waals surface area contributed by atoms with Crippen molar-refractivity contribution >= 4 is 23.3 Å². The summed E-state index contributed by atoms with van der Waals surface area (Å²) in [6.45, 7) is 1.66. The molecule has 0 radical (unpaired) electrons. The summed E-state index contributed by atoms with van der Waals surface area (Å²) in [7, 11) is 4.57. The SMILES string of the molecule is COc1ccc(C(=O)[C@H](C)OC(=O)[C@@H]2CC(=O)N(c3ccc(OC)cc3OC)C2)cc1. The van der Waals surface area contributed by atoms with E-state index in [4.69, 9.17) is 18.9 Å². The van der Waals surface area contributed by atoms with E-state index in [-0.39, 0.29) is 24.7 Å². The molecule has 1 saturated heterocycles. The molecule has 1 fully saturated rings. The van der Waals surface area contributed by atoms with Gasteiger partial charge in [-0.1, -0.05) is 0 Å². The molecule has 0 spiro atoms. The fourth-order valence-corrected chi connectivity index (χ4v) is 3.42. The van der Waals surface area contributed by atoms with Gasteiger partial charge >= 0.3 is 5.97 Å². The molecule has 0 saturated carbocycles. The monoisotopic (exact) mass is 427 g/mol. The molecule has 2 aromatic rings. The molecule has 31 heavy (non-hydrogen) atoms. The van der Waals surface area contributed by atoms with Crippen LogP contribution in [0.1, 0.15) is 23.7 Å². The van der Waals surface area contributed by atoms with E-state index in [0.29, 0.717) is 28.5 Å². The summed E-state index contributed by atoms with van der Waals surface area (Å²) < 4.78 is 21.0. The van der Waals surface area contributed by atoms with Crippen LogP contribution < -0.4 is 19.1 Å². The van der Waals surface area contributed by atoms with Crippen LogP contribution in [0.4, 0.5) is 5.69 Å². The van der Waals surface area contributed by atoms with Crippen molar-refractivity contribution in [2.24, 2.45) is 5.92 Å². The maximum Gasteiger partial charge on any atom is 0.312 e. The van der Waals surface area contributed by atoms with E-state index in [9.17, 15) is 14.4 Å². The van der Waals surface area contributed by atoms with Crippen molar-refractivity contribution in [3.05, 3.63) is 48.0 Å². The van der Waals surface area contributed by atoms with Gasteiger partial charge in [-0.05, 0) is 43.3 Å². The van der Waals surface area contributed by atoms with E-state index in [2.05, 4.69) is 0 Å². The summed E-state index contributed by atoms with van der Waals surface area (Å²) in [5.74, 6) is -0.129. The van der Waals surface area contributed by atoms with Gasteiger partial charge < -0.3 is 23.8 Å². The topological polar surface area (TPSA) is 91.4 Å². The second kappa shape index (κ2) is 9.51. The van der Waals surface area contributed by atoms with Crippen LogP contribution in [-0.2, 0) is 14.3 Å². The average Bonchev–Trinajstić information content (AvgIpc) is 3.19. The highest BCUT2D eigenvalue weighted by molar-refractivity contribution is 6.02. The molecule has 2 atom stereocenters. The van der Waals surface area contributed by atoms with Crippen LogP contribution in [-0.4, -0.2) is 51.6 Å². The number of ketones is 1. The minimum absolute atomic E-state index is 0.00252. The van der Waals surface area contributed by atoms with Crippen LogP contribution >= 0.6 is 0 Å². The van der Waals surface area contributed by atoms with E-state index in [0.717, 1.165) is 0 Å². The van der Waals surface area contributed by atoms with Crippen LogP contribution in [0.25, 0.3) is 0 Å². The third-order valence-electron chi connectivity index (χ3n) is 5.17. The van der Waals surface area contributed by atoms with E-state index in [1.54, 1.807) is 42.5 Å². The maximum absolute atomic E-state index is 12.6. The van der Waals surface area contributed by atoms with Gasteiger partial charge in [0.05, 0.1) is 32.9 Å². The molecule has 8 heteroatoms. The first kappa shape index (κ1) is 22.1. The lowest BCUT2D eigenvalue weighted by Crippen LogP contribution is -2.30. The number of hydrogen-bond donors (Lipinski definition) is 0. The number of nitrogens with zero attached hydrogens (tertiary/aromatic N) is 1. The Morgan fingerprint density at radius 2 is 1.61 bits per heavy atom. The Balaban J connectivity index is 1.66. The minimum atomic E-state index is -0.972. The summed E-state index contributed by atoms with van der Waals surface area (Å²) in [6, 6.07) is 11.6. The number of carbonyl (C=O) groups is 3. The smallest absolute Gasteiger partial charge is 0.312 e. The van der Waals surface area contributed by atoms with Crippen molar-refractivity contribution in [2.45, 2.75) is 19.4 Å². The van der Waals surface area contributed by atoms with Crippen molar-refractivity contribution in [2.75, 3.05) is 32.8 Å². The first-order valence-corrected chi connectivity index (χ1v) is 9.79. The number of anilines is 1. The fraction of sp³-hybridized carbons (Fsp3) is 0.348. The summed E-state index contributed by atoms with van der Waals surface area (Å²) in [5, 5.41) is 0.